The summed E-state index contributed by atoms with van der Waals surface area (Å²) < 4.78 is 1.07. The predicted molar refractivity (Wildman–Crippen MR) is 87.5 cm³/mol. The second-order valence-electron chi connectivity index (χ2n) is 3.96. The summed E-state index contributed by atoms with van der Waals surface area (Å²) in [6.07, 6.45) is 0. The summed E-state index contributed by atoms with van der Waals surface area (Å²) in [7, 11) is 1.93. The van der Waals surface area contributed by atoms with E-state index in [0.717, 1.165) is 15.9 Å². The highest BCUT2D eigenvalue weighted by atomic mass is 79.9. The minimum atomic E-state index is 0.694. The molecule has 5 heteroatoms. The number of rotatable bonds is 4. The van der Waals surface area contributed by atoms with Gasteiger partial charge >= 0.3 is 0 Å². The highest BCUT2D eigenvalue weighted by molar-refractivity contribution is 9.10. The second-order valence-corrected chi connectivity index (χ2v) is 6.80. The molecule has 2 aromatic carbocycles. The average molecular weight is 377 g/mol. The third-order valence-corrected chi connectivity index (χ3v) is 4.85. The maximum absolute atomic E-state index is 6.20. The van der Waals surface area contributed by atoms with Crippen LogP contribution in [-0.4, -0.2) is 7.05 Å². The Morgan fingerprint density at radius 2 is 1.89 bits per heavy atom. The van der Waals surface area contributed by atoms with E-state index < -0.39 is 0 Å². The molecule has 0 heterocycles. The van der Waals surface area contributed by atoms with Crippen LogP contribution >= 0.6 is 50.9 Å². The molecule has 0 saturated heterocycles. The zero-order valence-electron chi connectivity index (χ0n) is 10.2. The minimum absolute atomic E-state index is 0.694. The summed E-state index contributed by atoms with van der Waals surface area (Å²) in [5, 5.41) is 4.58. The predicted octanol–water partition coefficient (Wildman–Crippen LogP) is 5.63. The molecule has 0 atom stereocenters. The summed E-state index contributed by atoms with van der Waals surface area (Å²) in [4.78, 5) is 2.13. The van der Waals surface area contributed by atoms with Gasteiger partial charge in [0.2, 0.25) is 0 Å². The van der Waals surface area contributed by atoms with Crippen LogP contribution < -0.4 is 5.32 Å². The number of hydrogen-bond acceptors (Lipinski definition) is 2. The van der Waals surface area contributed by atoms with Crippen LogP contribution in [0.15, 0.2) is 50.7 Å². The molecule has 0 aliphatic carbocycles. The Morgan fingerprint density at radius 1 is 1.11 bits per heavy atom. The molecule has 0 aromatic heterocycles. The fourth-order valence-electron chi connectivity index (χ4n) is 1.65. The van der Waals surface area contributed by atoms with Crippen molar-refractivity contribution < 1.29 is 0 Å². The van der Waals surface area contributed by atoms with E-state index in [9.17, 15) is 0 Å². The third-order valence-electron chi connectivity index (χ3n) is 2.50. The van der Waals surface area contributed by atoms with Gasteiger partial charge in [0.25, 0.3) is 0 Å². The molecule has 0 radical (unpaired) electrons. The molecule has 19 heavy (non-hydrogen) atoms. The van der Waals surface area contributed by atoms with E-state index in [-0.39, 0.29) is 0 Å². The number of halogens is 3. The minimum Gasteiger partial charge on any atom is -0.316 e. The van der Waals surface area contributed by atoms with Gasteiger partial charge in [-0.05, 0) is 49.0 Å². The Labute approximate surface area is 135 Å². The van der Waals surface area contributed by atoms with E-state index in [4.69, 9.17) is 23.2 Å². The van der Waals surface area contributed by atoms with E-state index in [0.29, 0.717) is 10.0 Å². The van der Waals surface area contributed by atoms with Crippen molar-refractivity contribution in [2.75, 3.05) is 7.05 Å². The Morgan fingerprint density at radius 3 is 2.63 bits per heavy atom. The number of nitrogens with one attached hydrogen (secondary N) is 1. The molecule has 100 valence electrons. The van der Waals surface area contributed by atoms with Crippen molar-refractivity contribution in [2.24, 2.45) is 0 Å². The number of hydrogen-bond donors (Lipinski definition) is 1. The molecular weight excluding hydrogens is 365 g/mol. The standard InChI is InChI=1S/C14H12BrCl2NS/c1-18-8-9-6-10(15)2-5-13(9)19-14-7-11(16)3-4-12(14)17/h2-7,18H,8H2,1H3. The van der Waals surface area contributed by atoms with Crippen LogP contribution in [0.3, 0.4) is 0 Å². The van der Waals surface area contributed by atoms with Crippen LogP contribution in [0.5, 0.6) is 0 Å². The molecule has 2 aromatic rings. The lowest BCUT2D eigenvalue weighted by Crippen LogP contribution is -2.06. The highest BCUT2D eigenvalue weighted by Gasteiger charge is 2.08. The molecule has 0 unspecified atom stereocenters. The van der Waals surface area contributed by atoms with Gasteiger partial charge in [-0.3, -0.25) is 0 Å². The molecule has 2 rings (SSSR count). The van der Waals surface area contributed by atoms with E-state index in [1.165, 1.54) is 10.5 Å². The maximum Gasteiger partial charge on any atom is 0.0546 e. The van der Waals surface area contributed by atoms with Crippen molar-refractivity contribution >= 4 is 50.9 Å². The lowest BCUT2D eigenvalue weighted by molar-refractivity contribution is 0.802. The van der Waals surface area contributed by atoms with Crippen LogP contribution in [0.2, 0.25) is 10.0 Å². The van der Waals surface area contributed by atoms with Gasteiger partial charge in [-0.25, -0.2) is 0 Å². The lowest BCUT2D eigenvalue weighted by Gasteiger charge is -2.11. The largest absolute Gasteiger partial charge is 0.316 e. The smallest absolute Gasteiger partial charge is 0.0546 e. The molecule has 0 aliphatic rings. The van der Waals surface area contributed by atoms with Crippen molar-refractivity contribution in [3.63, 3.8) is 0 Å². The van der Waals surface area contributed by atoms with E-state index in [2.05, 4.69) is 33.4 Å². The Bertz CT molecular complexity index is 590. The summed E-state index contributed by atoms with van der Waals surface area (Å²) in [6.45, 7) is 0.806. The van der Waals surface area contributed by atoms with Crippen molar-refractivity contribution in [1.29, 1.82) is 0 Å². The normalized spacial score (nSPS) is 10.7. The molecule has 0 spiro atoms. The Hall–Kier alpha value is -0.190. The second kappa shape index (κ2) is 7.00. The van der Waals surface area contributed by atoms with Gasteiger partial charge in [-0.1, -0.05) is 50.9 Å². The molecular formula is C14H12BrCl2NS. The maximum atomic E-state index is 6.20. The van der Waals surface area contributed by atoms with Crippen molar-refractivity contribution in [1.82, 2.24) is 5.32 Å². The van der Waals surface area contributed by atoms with Crippen molar-refractivity contribution in [2.45, 2.75) is 16.3 Å². The Balaban J connectivity index is 2.34. The number of benzene rings is 2. The van der Waals surface area contributed by atoms with E-state index in [1.54, 1.807) is 17.8 Å². The topological polar surface area (TPSA) is 12.0 Å². The molecule has 1 N–H and O–H groups in total. The first-order valence-electron chi connectivity index (χ1n) is 5.66. The van der Waals surface area contributed by atoms with Gasteiger partial charge in [0.1, 0.15) is 0 Å². The molecule has 0 bridgehead atoms. The average Bonchev–Trinajstić information content (AvgIpc) is 2.37. The molecule has 0 saturated carbocycles. The Kier molecular flexibility index (Phi) is 5.60. The first-order chi connectivity index (χ1) is 9.10. The molecule has 0 aliphatic heterocycles. The summed E-state index contributed by atoms with van der Waals surface area (Å²) in [5.74, 6) is 0. The highest BCUT2D eigenvalue weighted by Crippen LogP contribution is 2.37. The zero-order chi connectivity index (χ0) is 13.8. The SMILES string of the molecule is CNCc1cc(Br)ccc1Sc1cc(Cl)ccc1Cl. The molecule has 0 amide bonds. The first kappa shape index (κ1) is 15.2. The summed E-state index contributed by atoms with van der Waals surface area (Å²) >= 11 is 17.3. The van der Waals surface area contributed by atoms with E-state index >= 15 is 0 Å². The van der Waals surface area contributed by atoms with Crippen LogP contribution in [-0.2, 0) is 6.54 Å². The monoisotopic (exact) mass is 375 g/mol. The van der Waals surface area contributed by atoms with Crippen LogP contribution in [0.1, 0.15) is 5.56 Å². The fourth-order valence-corrected chi connectivity index (χ4v) is 3.52. The van der Waals surface area contributed by atoms with Gasteiger partial charge in [0.05, 0.1) is 5.02 Å². The van der Waals surface area contributed by atoms with Crippen LogP contribution in [0.4, 0.5) is 0 Å². The van der Waals surface area contributed by atoms with E-state index in [1.807, 2.05) is 25.2 Å². The fraction of sp³-hybridized carbons (Fsp3) is 0.143. The first-order valence-corrected chi connectivity index (χ1v) is 8.02. The summed E-state index contributed by atoms with van der Waals surface area (Å²) in [5.41, 5.74) is 1.22. The lowest BCUT2D eigenvalue weighted by atomic mass is 10.2. The summed E-state index contributed by atoms with van der Waals surface area (Å²) in [6, 6.07) is 11.7. The van der Waals surface area contributed by atoms with Crippen LogP contribution in [0.25, 0.3) is 0 Å². The van der Waals surface area contributed by atoms with Gasteiger partial charge in [0.15, 0.2) is 0 Å². The molecule has 0 fully saturated rings. The van der Waals surface area contributed by atoms with Gasteiger partial charge < -0.3 is 5.32 Å². The third kappa shape index (κ3) is 4.14. The van der Waals surface area contributed by atoms with Gasteiger partial charge in [-0.2, -0.15) is 0 Å². The van der Waals surface area contributed by atoms with Crippen molar-refractivity contribution in [3.05, 3.63) is 56.5 Å². The van der Waals surface area contributed by atoms with Crippen molar-refractivity contribution in [3.8, 4) is 0 Å². The quantitative estimate of drug-likeness (QED) is 0.742. The van der Waals surface area contributed by atoms with Crippen LogP contribution in [0, 0.1) is 0 Å². The van der Waals surface area contributed by atoms with Gasteiger partial charge in [-0.15, -0.1) is 0 Å². The molecule has 1 nitrogen and oxygen atoms in total. The zero-order valence-corrected chi connectivity index (χ0v) is 14.1. The van der Waals surface area contributed by atoms with Gasteiger partial charge in [0, 0.05) is 25.8 Å².